The van der Waals surface area contributed by atoms with Gasteiger partial charge in [0.25, 0.3) is 5.91 Å². The molecule has 2 heterocycles. The Morgan fingerprint density at radius 3 is 2.11 bits per heavy atom. The fourth-order valence-corrected chi connectivity index (χ4v) is 3.75. The number of rotatable bonds is 2. The SMILES string of the molecule is O=C(O)N1CCC(n2c(=O)n(C(=O)c3ccccc3)c3ccccc32)CC1. The molecule has 0 radical (unpaired) electrons. The smallest absolute Gasteiger partial charge is 0.407 e. The van der Waals surface area contributed by atoms with Crippen molar-refractivity contribution in [2.75, 3.05) is 13.1 Å². The number of para-hydroxylation sites is 2. The minimum atomic E-state index is -0.942. The molecule has 1 N–H and O–H groups in total. The van der Waals surface area contributed by atoms with Crippen molar-refractivity contribution < 1.29 is 14.7 Å². The van der Waals surface area contributed by atoms with Crippen molar-refractivity contribution in [1.82, 2.24) is 14.0 Å². The summed E-state index contributed by atoms with van der Waals surface area (Å²) in [7, 11) is 0. The predicted octanol–water partition coefficient (Wildman–Crippen LogP) is 2.81. The van der Waals surface area contributed by atoms with Crippen LogP contribution in [0.15, 0.2) is 59.4 Å². The zero-order chi connectivity index (χ0) is 19.0. The van der Waals surface area contributed by atoms with Crippen LogP contribution in [-0.4, -0.2) is 44.2 Å². The summed E-state index contributed by atoms with van der Waals surface area (Å²) < 4.78 is 2.86. The third-order valence-corrected chi connectivity index (χ3v) is 5.10. The first-order chi connectivity index (χ1) is 13.1. The van der Waals surface area contributed by atoms with E-state index in [2.05, 4.69) is 0 Å². The largest absolute Gasteiger partial charge is 0.465 e. The monoisotopic (exact) mass is 365 g/mol. The molecule has 4 rings (SSSR count). The Bertz CT molecular complexity index is 1060. The maximum absolute atomic E-state index is 13.2. The fourth-order valence-electron chi connectivity index (χ4n) is 3.75. The Labute approximate surface area is 155 Å². The zero-order valence-electron chi connectivity index (χ0n) is 14.6. The van der Waals surface area contributed by atoms with Crippen molar-refractivity contribution in [1.29, 1.82) is 0 Å². The van der Waals surface area contributed by atoms with Crippen LogP contribution in [0.5, 0.6) is 0 Å². The number of carboxylic acid groups (broad SMARTS) is 1. The lowest BCUT2D eigenvalue weighted by atomic mass is 10.1. The summed E-state index contributed by atoms with van der Waals surface area (Å²) in [5.74, 6) is -0.362. The molecule has 1 aliphatic heterocycles. The number of carbonyl (C=O) groups is 2. The molecule has 1 saturated heterocycles. The highest BCUT2D eigenvalue weighted by Gasteiger charge is 2.28. The van der Waals surface area contributed by atoms with Gasteiger partial charge in [-0.2, -0.15) is 0 Å². The third-order valence-electron chi connectivity index (χ3n) is 5.10. The predicted molar refractivity (Wildman–Crippen MR) is 100 cm³/mol. The van der Waals surface area contributed by atoms with Gasteiger partial charge in [0, 0.05) is 24.7 Å². The zero-order valence-corrected chi connectivity index (χ0v) is 14.6. The molecule has 3 aromatic rings. The van der Waals surface area contributed by atoms with E-state index in [4.69, 9.17) is 5.11 Å². The first kappa shape index (κ1) is 17.1. The van der Waals surface area contributed by atoms with E-state index in [0.717, 1.165) is 0 Å². The van der Waals surface area contributed by atoms with E-state index in [-0.39, 0.29) is 17.6 Å². The second kappa shape index (κ2) is 6.75. The summed E-state index contributed by atoms with van der Waals surface area (Å²) in [5.41, 5.74) is 1.33. The second-order valence-corrected chi connectivity index (χ2v) is 6.65. The number of imidazole rings is 1. The molecule has 2 aromatic carbocycles. The van der Waals surface area contributed by atoms with Gasteiger partial charge >= 0.3 is 11.8 Å². The van der Waals surface area contributed by atoms with Gasteiger partial charge in [-0.05, 0) is 37.1 Å². The lowest BCUT2D eigenvalue weighted by molar-refractivity contribution is 0.0959. The normalized spacial score (nSPS) is 15.2. The lowest BCUT2D eigenvalue weighted by Crippen LogP contribution is -2.40. The summed E-state index contributed by atoms with van der Waals surface area (Å²) in [6, 6.07) is 15.8. The molecule has 138 valence electrons. The van der Waals surface area contributed by atoms with Gasteiger partial charge in [-0.3, -0.25) is 9.36 Å². The van der Waals surface area contributed by atoms with Crippen molar-refractivity contribution in [3.8, 4) is 0 Å². The van der Waals surface area contributed by atoms with Crippen molar-refractivity contribution >= 4 is 23.0 Å². The molecule has 1 aromatic heterocycles. The van der Waals surface area contributed by atoms with Gasteiger partial charge in [-0.25, -0.2) is 14.2 Å². The number of piperidine rings is 1. The third kappa shape index (κ3) is 2.91. The first-order valence-electron chi connectivity index (χ1n) is 8.87. The van der Waals surface area contributed by atoms with E-state index in [1.807, 2.05) is 18.2 Å². The number of fused-ring (bicyclic) bond motifs is 1. The number of carbonyl (C=O) groups excluding carboxylic acids is 1. The van der Waals surface area contributed by atoms with E-state index >= 15 is 0 Å². The maximum Gasteiger partial charge on any atom is 0.407 e. The second-order valence-electron chi connectivity index (χ2n) is 6.65. The van der Waals surface area contributed by atoms with Crippen LogP contribution < -0.4 is 5.69 Å². The molecular formula is C20H19N3O4. The van der Waals surface area contributed by atoms with Crippen LogP contribution in [0.2, 0.25) is 0 Å². The van der Waals surface area contributed by atoms with Crippen molar-refractivity contribution in [2.24, 2.45) is 0 Å². The van der Waals surface area contributed by atoms with Crippen molar-refractivity contribution in [2.45, 2.75) is 18.9 Å². The number of hydrogen-bond acceptors (Lipinski definition) is 3. The van der Waals surface area contributed by atoms with Crippen molar-refractivity contribution in [3.63, 3.8) is 0 Å². The number of benzene rings is 2. The van der Waals surface area contributed by atoms with Gasteiger partial charge in [-0.15, -0.1) is 0 Å². The number of hydrogen-bond donors (Lipinski definition) is 1. The topological polar surface area (TPSA) is 84.5 Å². The lowest BCUT2D eigenvalue weighted by Gasteiger charge is -2.30. The van der Waals surface area contributed by atoms with E-state index in [0.29, 0.717) is 42.5 Å². The van der Waals surface area contributed by atoms with E-state index in [1.54, 1.807) is 41.0 Å². The van der Waals surface area contributed by atoms with Crippen LogP contribution in [0.4, 0.5) is 4.79 Å². The molecule has 7 heteroatoms. The van der Waals surface area contributed by atoms with E-state index < -0.39 is 6.09 Å². The molecule has 0 bridgehead atoms. The number of nitrogens with zero attached hydrogens (tertiary/aromatic N) is 3. The van der Waals surface area contributed by atoms with Crippen molar-refractivity contribution in [3.05, 3.63) is 70.6 Å². The fraction of sp³-hybridized carbons (Fsp3) is 0.250. The highest BCUT2D eigenvalue weighted by Crippen LogP contribution is 2.26. The Morgan fingerprint density at radius 1 is 0.889 bits per heavy atom. The Balaban J connectivity index is 1.79. The minimum Gasteiger partial charge on any atom is -0.465 e. The van der Waals surface area contributed by atoms with Crippen LogP contribution in [0.3, 0.4) is 0 Å². The van der Waals surface area contributed by atoms with Gasteiger partial charge in [-0.1, -0.05) is 30.3 Å². The van der Waals surface area contributed by atoms with Crippen LogP contribution in [0.25, 0.3) is 11.0 Å². The Kier molecular flexibility index (Phi) is 4.27. The molecule has 1 amide bonds. The highest BCUT2D eigenvalue weighted by atomic mass is 16.4. The Hall–Kier alpha value is -3.35. The van der Waals surface area contributed by atoms with Gasteiger partial charge in [0.05, 0.1) is 11.0 Å². The molecule has 0 unspecified atom stereocenters. The summed E-state index contributed by atoms with van der Waals surface area (Å²) in [5, 5.41) is 9.13. The molecule has 0 atom stereocenters. The summed E-state index contributed by atoms with van der Waals surface area (Å²) >= 11 is 0. The summed E-state index contributed by atoms with van der Waals surface area (Å²) in [4.78, 5) is 38.7. The van der Waals surface area contributed by atoms with Gasteiger partial charge in [0.2, 0.25) is 0 Å². The van der Waals surface area contributed by atoms with Crippen LogP contribution in [0, 0.1) is 0 Å². The molecule has 1 aliphatic rings. The molecule has 27 heavy (non-hydrogen) atoms. The average Bonchev–Trinajstić information content (AvgIpc) is 3.00. The average molecular weight is 365 g/mol. The Morgan fingerprint density at radius 2 is 1.48 bits per heavy atom. The van der Waals surface area contributed by atoms with Crippen LogP contribution >= 0.6 is 0 Å². The van der Waals surface area contributed by atoms with Crippen LogP contribution in [0.1, 0.15) is 29.2 Å². The molecular weight excluding hydrogens is 346 g/mol. The van der Waals surface area contributed by atoms with Gasteiger partial charge in [0.15, 0.2) is 0 Å². The molecule has 0 saturated carbocycles. The number of likely N-dealkylation sites (tertiary alicyclic amines) is 1. The first-order valence-corrected chi connectivity index (χ1v) is 8.87. The quantitative estimate of drug-likeness (QED) is 0.757. The van der Waals surface area contributed by atoms with E-state index in [9.17, 15) is 14.4 Å². The summed E-state index contributed by atoms with van der Waals surface area (Å²) in [6.07, 6.45) is 0.141. The van der Waals surface area contributed by atoms with Gasteiger partial charge < -0.3 is 10.0 Å². The minimum absolute atomic E-state index is 0.136. The van der Waals surface area contributed by atoms with E-state index in [1.165, 1.54) is 9.47 Å². The molecule has 0 spiro atoms. The maximum atomic E-state index is 13.2. The molecule has 7 nitrogen and oxygen atoms in total. The molecule has 0 aliphatic carbocycles. The highest BCUT2D eigenvalue weighted by molar-refractivity contribution is 6.01. The number of amides is 1. The number of aromatic nitrogens is 2. The standard InChI is InChI=1S/C20H19N3O4/c24-18(14-6-2-1-3-7-14)23-17-9-5-4-8-16(17)22(19(23)25)15-10-12-21(13-11-15)20(26)27/h1-9,15H,10-13H2,(H,26,27). The van der Waals surface area contributed by atoms with Crippen LogP contribution in [-0.2, 0) is 0 Å². The molecule has 1 fully saturated rings. The summed E-state index contributed by atoms with van der Waals surface area (Å²) in [6.45, 7) is 0.747. The van der Waals surface area contributed by atoms with Gasteiger partial charge in [0.1, 0.15) is 0 Å².